The van der Waals surface area contributed by atoms with Crippen LogP contribution in [0.5, 0.6) is 0 Å². The molecule has 0 amide bonds. The van der Waals surface area contributed by atoms with Gasteiger partial charge < -0.3 is 15.7 Å². The SMILES string of the molecule is CCC(CC)C(O)CNc1nc(NC)c(F)cc1F. The molecule has 0 radical (unpaired) electrons. The van der Waals surface area contributed by atoms with Gasteiger partial charge in [-0.2, -0.15) is 0 Å². The van der Waals surface area contributed by atoms with E-state index in [2.05, 4.69) is 15.6 Å². The van der Waals surface area contributed by atoms with Gasteiger partial charge in [-0.25, -0.2) is 13.8 Å². The van der Waals surface area contributed by atoms with Gasteiger partial charge >= 0.3 is 0 Å². The largest absolute Gasteiger partial charge is 0.391 e. The number of hydrogen-bond donors (Lipinski definition) is 3. The lowest BCUT2D eigenvalue weighted by Crippen LogP contribution is -2.28. The normalized spacial score (nSPS) is 12.6. The summed E-state index contributed by atoms with van der Waals surface area (Å²) in [5.41, 5.74) is 0. The zero-order valence-electron chi connectivity index (χ0n) is 11.5. The summed E-state index contributed by atoms with van der Waals surface area (Å²) in [4.78, 5) is 3.79. The number of hydrogen-bond acceptors (Lipinski definition) is 4. The van der Waals surface area contributed by atoms with Crippen LogP contribution in [0.4, 0.5) is 20.4 Å². The molecule has 0 spiro atoms. The molecule has 0 saturated heterocycles. The van der Waals surface area contributed by atoms with Gasteiger partial charge in [0.05, 0.1) is 6.10 Å². The summed E-state index contributed by atoms with van der Waals surface area (Å²) >= 11 is 0. The lowest BCUT2D eigenvalue weighted by molar-refractivity contribution is 0.114. The van der Waals surface area contributed by atoms with E-state index in [9.17, 15) is 13.9 Å². The van der Waals surface area contributed by atoms with Crippen molar-refractivity contribution in [3.63, 3.8) is 0 Å². The fraction of sp³-hybridized carbons (Fsp3) is 0.615. The van der Waals surface area contributed by atoms with E-state index in [0.717, 1.165) is 18.9 Å². The highest BCUT2D eigenvalue weighted by Crippen LogP contribution is 2.19. The first kappa shape index (κ1) is 15.6. The molecule has 1 aromatic heterocycles. The lowest BCUT2D eigenvalue weighted by Gasteiger charge is -2.20. The number of anilines is 2. The van der Waals surface area contributed by atoms with Crippen LogP contribution in [0.1, 0.15) is 26.7 Å². The van der Waals surface area contributed by atoms with Crippen molar-refractivity contribution in [3.8, 4) is 0 Å². The highest BCUT2D eigenvalue weighted by Gasteiger charge is 2.17. The maximum Gasteiger partial charge on any atom is 0.168 e. The van der Waals surface area contributed by atoms with Gasteiger partial charge in [-0.3, -0.25) is 0 Å². The Morgan fingerprint density at radius 1 is 1.21 bits per heavy atom. The molecule has 3 N–H and O–H groups in total. The molecule has 1 heterocycles. The van der Waals surface area contributed by atoms with Gasteiger partial charge in [-0.05, 0) is 5.92 Å². The van der Waals surface area contributed by atoms with E-state index in [0.29, 0.717) is 0 Å². The molecule has 0 aromatic carbocycles. The zero-order chi connectivity index (χ0) is 14.4. The minimum absolute atomic E-state index is 0.0269. The van der Waals surface area contributed by atoms with E-state index in [1.165, 1.54) is 7.05 Å². The highest BCUT2D eigenvalue weighted by atomic mass is 19.1. The van der Waals surface area contributed by atoms with Gasteiger partial charge in [0.25, 0.3) is 0 Å². The van der Waals surface area contributed by atoms with E-state index < -0.39 is 17.7 Å². The third-order valence-corrected chi connectivity index (χ3v) is 3.24. The summed E-state index contributed by atoms with van der Waals surface area (Å²) < 4.78 is 26.7. The minimum atomic E-state index is -0.770. The van der Waals surface area contributed by atoms with Crippen molar-refractivity contribution in [3.05, 3.63) is 17.7 Å². The maximum atomic E-state index is 13.5. The number of aromatic nitrogens is 1. The second-order valence-electron chi connectivity index (χ2n) is 4.42. The van der Waals surface area contributed by atoms with E-state index >= 15 is 0 Å². The maximum absolute atomic E-state index is 13.5. The van der Waals surface area contributed by atoms with Crippen molar-refractivity contribution < 1.29 is 13.9 Å². The van der Waals surface area contributed by atoms with Crippen LogP contribution in [0.25, 0.3) is 0 Å². The summed E-state index contributed by atoms with van der Waals surface area (Å²) in [6.07, 6.45) is 1.11. The number of nitrogens with one attached hydrogen (secondary N) is 2. The monoisotopic (exact) mass is 273 g/mol. The van der Waals surface area contributed by atoms with Crippen LogP contribution in [0, 0.1) is 17.6 Å². The van der Waals surface area contributed by atoms with Gasteiger partial charge in [0, 0.05) is 19.7 Å². The quantitative estimate of drug-likeness (QED) is 0.715. The van der Waals surface area contributed by atoms with E-state index in [-0.39, 0.29) is 24.1 Å². The Bertz CT molecular complexity index is 411. The third-order valence-electron chi connectivity index (χ3n) is 3.24. The first-order chi connectivity index (χ1) is 9.03. The zero-order valence-corrected chi connectivity index (χ0v) is 11.5. The molecule has 0 aliphatic carbocycles. The average molecular weight is 273 g/mol. The van der Waals surface area contributed by atoms with Gasteiger partial charge in [0.2, 0.25) is 0 Å². The Morgan fingerprint density at radius 2 is 1.79 bits per heavy atom. The summed E-state index contributed by atoms with van der Waals surface area (Å²) in [5.74, 6) is -1.45. The van der Waals surface area contributed by atoms with Crippen LogP contribution in [-0.2, 0) is 0 Å². The Hall–Kier alpha value is -1.43. The molecule has 1 rings (SSSR count). The smallest absolute Gasteiger partial charge is 0.168 e. The molecular formula is C13H21F2N3O. The summed E-state index contributed by atoms with van der Waals surface area (Å²) in [6, 6.07) is 0.769. The number of aliphatic hydroxyl groups is 1. The van der Waals surface area contributed by atoms with Crippen LogP contribution in [0.15, 0.2) is 6.07 Å². The number of halogens is 2. The van der Waals surface area contributed by atoms with Gasteiger partial charge in [0.1, 0.15) is 0 Å². The van der Waals surface area contributed by atoms with Gasteiger partial charge in [-0.15, -0.1) is 0 Å². The molecule has 1 aromatic rings. The van der Waals surface area contributed by atoms with Crippen LogP contribution in [0.3, 0.4) is 0 Å². The third kappa shape index (κ3) is 4.02. The van der Waals surface area contributed by atoms with Crippen molar-refractivity contribution >= 4 is 11.6 Å². The highest BCUT2D eigenvalue weighted by molar-refractivity contribution is 5.47. The fourth-order valence-electron chi connectivity index (χ4n) is 1.97. The van der Waals surface area contributed by atoms with Crippen molar-refractivity contribution in [2.45, 2.75) is 32.8 Å². The van der Waals surface area contributed by atoms with E-state index in [1.54, 1.807) is 0 Å². The van der Waals surface area contributed by atoms with Crippen LogP contribution in [-0.4, -0.2) is 29.8 Å². The minimum Gasteiger partial charge on any atom is -0.391 e. The molecule has 0 fully saturated rings. The Balaban J connectivity index is 2.72. The summed E-state index contributed by atoms with van der Waals surface area (Å²) in [5, 5.41) is 15.2. The topological polar surface area (TPSA) is 57.2 Å². The van der Waals surface area contributed by atoms with E-state index in [4.69, 9.17) is 0 Å². The summed E-state index contributed by atoms with van der Waals surface area (Å²) in [7, 11) is 1.51. The molecule has 1 atom stereocenters. The summed E-state index contributed by atoms with van der Waals surface area (Å²) in [6.45, 7) is 4.17. The van der Waals surface area contributed by atoms with Crippen LogP contribution < -0.4 is 10.6 Å². The second kappa shape index (κ2) is 7.23. The molecule has 6 heteroatoms. The Morgan fingerprint density at radius 3 is 2.32 bits per heavy atom. The Kier molecular flexibility index (Phi) is 5.95. The van der Waals surface area contributed by atoms with Crippen molar-refractivity contribution in [1.29, 1.82) is 0 Å². The molecule has 4 nitrogen and oxygen atoms in total. The first-order valence-electron chi connectivity index (χ1n) is 6.49. The average Bonchev–Trinajstić information content (AvgIpc) is 2.39. The van der Waals surface area contributed by atoms with Crippen molar-refractivity contribution in [1.82, 2.24) is 4.98 Å². The second-order valence-corrected chi connectivity index (χ2v) is 4.42. The van der Waals surface area contributed by atoms with Crippen molar-refractivity contribution in [2.24, 2.45) is 5.92 Å². The van der Waals surface area contributed by atoms with E-state index in [1.807, 2.05) is 13.8 Å². The van der Waals surface area contributed by atoms with Crippen LogP contribution in [0.2, 0.25) is 0 Å². The van der Waals surface area contributed by atoms with Gasteiger partial charge in [0.15, 0.2) is 23.3 Å². The molecule has 0 aliphatic heterocycles. The number of nitrogens with zero attached hydrogens (tertiary/aromatic N) is 1. The Labute approximate surface area is 112 Å². The molecule has 19 heavy (non-hydrogen) atoms. The standard InChI is InChI=1S/C13H21F2N3O/c1-4-8(5-2)11(19)7-17-13-10(15)6-9(14)12(16-3)18-13/h6,8,11,19H,4-5,7H2,1-3H3,(H2,16,17,18). The lowest BCUT2D eigenvalue weighted by atomic mass is 9.96. The molecule has 1 unspecified atom stereocenters. The molecule has 108 valence electrons. The van der Waals surface area contributed by atoms with Crippen LogP contribution >= 0.6 is 0 Å². The van der Waals surface area contributed by atoms with Gasteiger partial charge in [-0.1, -0.05) is 26.7 Å². The molecule has 0 aliphatic rings. The molecule has 0 saturated carbocycles. The number of pyridine rings is 1. The number of rotatable bonds is 7. The first-order valence-corrected chi connectivity index (χ1v) is 6.49. The molecular weight excluding hydrogens is 252 g/mol. The predicted molar refractivity (Wildman–Crippen MR) is 72.3 cm³/mol. The van der Waals surface area contributed by atoms with Crippen molar-refractivity contribution in [2.75, 3.05) is 24.2 Å². The number of aliphatic hydroxyl groups excluding tert-OH is 1. The molecule has 0 bridgehead atoms. The fourth-order valence-corrected chi connectivity index (χ4v) is 1.97. The predicted octanol–water partition coefficient (Wildman–Crippen LogP) is 2.61.